The molecule has 0 saturated carbocycles. The largest absolute Gasteiger partial charge is 0.394 e. The summed E-state index contributed by atoms with van der Waals surface area (Å²) in [6.07, 6.45) is 32.5. The average Bonchev–Trinajstić information content (AvgIpc) is 3.26. The van der Waals surface area contributed by atoms with Crippen LogP contribution in [0.2, 0.25) is 0 Å². The van der Waals surface area contributed by atoms with Crippen LogP contribution in [0, 0.1) is 0 Å². The van der Waals surface area contributed by atoms with Gasteiger partial charge in [-0.1, -0.05) is 232 Å². The number of hydrogen-bond acceptors (Lipinski definition) is 10. The normalized spacial score (nSPS) is 21.4. The highest BCUT2D eigenvalue weighted by Gasteiger charge is 2.44. The molecule has 0 aromatic rings. The van der Waals surface area contributed by atoms with E-state index in [1.54, 1.807) is 0 Å². The zero-order valence-corrected chi connectivity index (χ0v) is 39.4. The summed E-state index contributed by atoms with van der Waals surface area (Å²) in [5, 5.41) is 75.1. The molecular weight excluding hydrogens is 775 g/mol. The quantitative estimate of drug-likeness (QED) is 0.0274. The number of hydrogen-bond donors (Lipinski definition) is 8. The summed E-state index contributed by atoms with van der Waals surface area (Å²) in [5.74, 6) is -0.697. The maximum Gasteiger partial charge on any atom is 0.249 e. The zero-order valence-electron chi connectivity index (χ0n) is 39.4. The second-order valence-electron chi connectivity index (χ2n) is 18.6. The predicted molar refractivity (Wildman–Crippen MR) is 247 cm³/mol. The van der Waals surface area contributed by atoms with Gasteiger partial charge in [0.25, 0.3) is 0 Å². The van der Waals surface area contributed by atoms with Crippen molar-refractivity contribution >= 4 is 5.91 Å². The summed E-state index contributed by atoms with van der Waals surface area (Å²) in [6, 6.07) is -1.16. The van der Waals surface area contributed by atoms with E-state index in [-0.39, 0.29) is 6.42 Å². The van der Waals surface area contributed by atoms with Crippen molar-refractivity contribution in [2.45, 2.75) is 300 Å². The first-order valence-electron chi connectivity index (χ1n) is 25.9. The molecule has 1 aliphatic heterocycles. The van der Waals surface area contributed by atoms with Crippen LogP contribution < -0.4 is 5.32 Å². The number of carbonyl (C=O) groups is 1. The van der Waals surface area contributed by atoms with Crippen molar-refractivity contribution in [3.05, 3.63) is 0 Å². The molecule has 364 valence electrons. The molecule has 9 atom stereocenters. The Kier molecular flexibility index (Phi) is 38.7. The number of aliphatic hydroxyl groups excluding tert-OH is 7. The van der Waals surface area contributed by atoms with Gasteiger partial charge in [-0.05, 0) is 12.8 Å². The van der Waals surface area contributed by atoms with Gasteiger partial charge in [-0.2, -0.15) is 0 Å². The van der Waals surface area contributed by atoms with Crippen molar-refractivity contribution in [2.24, 2.45) is 0 Å². The number of nitrogens with one attached hydrogen (secondary N) is 1. The Bertz CT molecular complexity index is 959. The molecule has 0 aliphatic carbocycles. The van der Waals surface area contributed by atoms with Crippen LogP contribution in [-0.2, 0) is 14.3 Å². The molecule has 0 radical (unpaired) electrons. The van der Waals surface area contributed by atoms with Crippen molar-refractivity contribution in [3.63, 3.8) is 0 Å². The minimum atomic E-state index is -1.65. The Hall–Kier alpha value is -0.890. The Morgan fingerprint density at radius 1 is 0.508 bits per heavy atom. The van der Waals surface area contributed by atoms with E-state index in [1.165, 1.54) is 161 Å². The number of carbonyl (C=O) groups excluding carboxylic acids is 1. The third-order valence-electron chi connectivity index (χ3n) is 12.9. The van der Waals surface area contributed by atoms with Crippen LogP contribution in [0.5, 0.6) is 0 Å². The average molecular weight is 874 g/mol. The standard InChI is InChI=1S/C50H99NO10/c1-3-5-7-9-10-11-12-13-14-15-16-17-18-19-20-21-22-23-24-25-26-27-28-29-30-31-32-34-36-38-43(54)49(59)51-41(45(55)42(53)37-35-33-8-6-4-2)40-60-50-48(58)47(57)46(56)44(39-52)61-50/h41-48,50,52-58H,3-40H2,1-2H3,(H,51,59). The van der Waals surface area contributed by atoms with Crippen LogP contribution in [0.25, 0.3) is 0 Å². The van der Waals surface area contributed by atoms with E-state index in [0.29, 0.717) is 19.3 Å². The van der Waals surface area contributed by atoms with Crippen LogP contribution in [0.4, 0.5) is 0 Å². The van der Waals surface area contributed by atoms with E-state index in [0.717, 1.165) is 44.9 Å². The van der Waals surface area contributed by atoms with Gasteiger partial charge in [-0.3, -0.25) is 4.79 Å². The molecule has 9 unspecified atom stereocenters. The topological polar surface area (TPSA) is 189 Å². The molecule has 1 saturated heterocycles. The predicted octanol–water partition coefficient (Wildman–Crippen LogP) is 9.45. The minimum Gasteiger partial charge on any atom is -0.394 e. The SMILES string of the molecule is CCCCCCCCCCCCCCCCCCCCCCCCCCCCCCCC(O)C(=O)NC(COC1OC(CO)C(O)C(O)C1O)C(O)C(O)CCCCCCC. The van der Waals surface area contributed by atoms with E-state index in [4.69, 9.17) is 9.47 Å². The molecule has 1 amide bonds. The molecule has 1 fully saturated rings. The van der Waals surface area contributed by atoms with Crippen LogP contribution in [0.3, 0.4) is 0 Å². The van der Waals surface area contributed by atoms with Gasteiger partial charge in [0.15, 0.2) is 6.29 Å². The third-order valence-corrected chi connectivity index (χ3v) is 12.9. The van der Waals surface area contributed by atoms with E-state index in [1.807, 2.05) is 0 Å². The molecule has 0 bridgehead atoms. The molecular formula is C50H99NO10. The fraction of sp³-hybridized carbons (Fsp3) is 0.980. The van der Waals surface area contributed by atoms with Crippen molar-refractivity contribution < 1.29 is 50.0 Å². The monoisotopic (exact) mass is 874 g/mol. The summed E-state index contributed by atoms with van der Waals surface area (Å²) in [4.78, 5) is 13.0. The molecule has 1 aliphatic rings. The zero-order chi connectivity index (χ0) is 44.8. The van der Waals surface area contributed by atoms with E-state index < -0.39 is 74.2 Å². The fourth-order valence-electron chi connectivity index (χ4n) is 8.62. The summed E-state index contributed by atoms with van der Waals surface area (Å²) < 4.78 is 11.0. The number of rotatable bonds is 44. The van der Waals surface area contributed by atoms with Crippen LogP contribution in [0.1, 0.15) is 245 Å². The van der Waals surface area contributed by atoms with E-state index in [2.05, 4.69) is 19.2 Å². The lowest BCUT2D eigenvalue weighted by atomic mass is 9.98. The Balaban J connectivity index is 2.12. The Morgan fingerprint density at radius 2 is 0.852 bits per heavy atom. The van der Waals surface area contributed by atoms with Gasteiger partial charge in [0.05, 0.1) is 25.4 Å². The number of aliphatic hydroxyl groups is 7. The summed E-state index contributed by atoms with van der Waals surface area (Å²) >= 11 is 0. The van der Waals surface area contributed by atoms with Crippen LogP contribution >= 0.6 is 0 Å². The minimum absolute atomic E-state index is 0.266. The smallest absolute Gasteiger partial charge is 0.249 e. The van der Waals surface area contributed by atoms with Crippen molar-refractivity contribution in [1.29, 1.82) is 0 Å². The highest BCUT2D eigenvalue weighted by atomic mass is 16.7. The number of amides is 1. The molecule has 0 aromatic carbocycles. The maximum atomic E-state index is 13.0. The van der Waals surface area contributed by atoms with Crippen LogP contribution in [-0.4, -0.2) is 110 Å². The first-order valence-corrected chi connectivity index (χ1v) is 25.9. The van der Waals surface area contributed by atoms with Gasteiger partial charge in [0, 0.05) is 0 Å². The lowest BCUT2D eigenvalue weighted by molar-refractivity contribution is -0.303. The fourth-order valence-corrected chi connectivity index (χ4v) is 8.62. The number of ether oxygens (including phenoxy) is 2. The van der Waals surface area contributed by atoms with Crippen molar-refractivity contribution in [2.75, 3.05) is 13.2 Å². The molecule has 0 aromatic heterocycles. The lowest BCUT2D eigenvalue weighted by Gasteiger charge is -2.40. The highest BCUT2D eigenvalue weighted by Crippen LogP contribution is 2.23. The van der Waals surface area contributed by atoms with Crippen molar-refractivity contribution in [1.82, 2.24) is 5.32 Å². The summed E-state index contributed by atoms with van der Waals surface area (Å²) in [7, 11) is 0. The molecule has 1 rings (SSSR count). The first-order chi connectivity index (χ1) is 29.7. The van der Waals surface area contributed by atoms with Gasteiger partial charge in [0.1, 0.15) is 36.6 Å². The lowest BCUT2D eigenvalue weighted by Crippen LogP contribution is -2.60. The second kappa shape index (κ2) is 40.6. The van der Waals surface area contributed by atoms with E-state index >= 15 is 0 Å². The molecule has 0 spiro atoms. The van der Waals surface area contributed by atoms with Crippen molar-refractivity contribution in [3.8, 4) is 0 Å². The van der Waals surface area contributed by atoms with Gasteiger partial charge >= 0.3 is 0 Å². The first kappa shape index (κ1) is 58.1. The molecule has 11 nitrogen and oxygen atoms in total. The summed E-state index contributed by atoms with van der Waals surface area (Å²) in [5.41, 5.74) is 0. The molecule has 8 N–H and O–H groups in total. The maximum absolute atomic E-state index is 13.0. The third kappa shape index (κ3) is 30.0. The Morgan fingerprint density at radius 3 is 1.21 bits per heavy atom. The van der Waals surface area contributed by atoms with Crippen LogP contribution in [0.15, 0.2) is 0 Å². The second-order valence-corrected chi connectivity index (χ2v) is 18.6. The van der Waals surface area contributed by atoms with Gasteiger partial charge in [0.2, 0.25) is 5.91 Å². The Labute approximate surface area is 373 Å². The van der Waals surface area contributed by atoms with E-state index in [9.17, 15) is 40.5 Å². The van der Waals surface area contributed by atoms with Gasteiger partial charge < -0.3 is 50.5 Å². The number of unbranched alkanes of at least 4 members (excludes halogenated alkanes) is 32. The van der Waals surface area contributed by atoms with Gasteiger partial charge in [-0.15, -0.1) is 0 Å². The molecule has 11 heteroatoms. The highest BCUT2D eigenvalue weighted by molar-refractivity contribution is 5.80. The molecule has 1 heterocycles. The molecule has 61 heavy (non-hydrogen) atoms. The van der Waals surface area contributed by atoms with Gasteiger partial charge in [-0.25, -0.2) is 0 Å². The summed E-state index contributed by atoms with van der Waals surface area (Å²) in [6.45, 7) is 3.35.